The highest BCUT2D eigenvalue weighted by Crippen LogP contribution is 2.28. The van der Waals surface area contributed by atoms with Crippen LogP contribution in [0, 0.1) is 12.8 Å². The topological polar surface area (TPSA) is 12.0 Å². The SMILES string of the molecule is CCC(CC)CC(NC)c1cscc1C. The fraction of sp³-hybridized carbons (Fsp3) is 0.692. The van der Waals surface area contributed by atoms with E-state index in [2.05, 4.69) is 43.9 Å². The van der Waals surface area contributed by atoms with Crippen molar-refractivity contribution in [2.45, 2.75) is 46.1 Å². The first-order chi connectivity index (χ1) is 7.22. The molecule has 15 heavy (non-hydrogen) atoms. The van der Waals surface area contributed by atoms with E-state index < -0.39 is 0 Å². The molecule has 1 rings (SSSR count). The van der Waals surface area contributed by atoms with Crippen molar-refractivity contribution in [2.24, 2.45) is 5.92 Å². The van der Waals surface area contributed by atoms with Crippen LogP contribution in [-0.4, -0.2) is 7.05 Å². The molecule has 0 aromatic carbocycles. The van der Waals surface area contributed by atoms with E-state index in [1.54, 1.807) is 0 Å². The fourth-order valence-electron chi connectivity index (χ4n) is 2.08. The van der Waals surface area contributed by atoms with Gasteiger partial charge < -0.3 is 5.32 Å². The second-order valence-electron chi connectivity index (χ2n) is 4.27. The molecular weight excluding hydrogens is 202 g/mol. The van der Waals surface area contributed by atoms with Crippen LogP contribution in [0.4, 0.5) is 0 Å². The Morgan fingerprint density at radius 2 is 1.93 bits per heavy atom. The molecule has 0 aliphatic carbocycles. The van der Waals surface area contributed by atoms with Gasteiger partial charge in [-0.3, -0.25) is 0 Å². The average molecular weight is 225 g/mol. The first-order valence-electron chi connectivity index (χ1n) is 5.92. The van der Waals surface area contributed by atoms with Gasteiger partial charge in [-0.2, -0.15) is 11.3 Å². The number of aryl methyl sites for hydroxylation is 1. The molecule has 0 aliphatic rings. The Morgan fingerprint density at radius 3 is 2.33 bits per heavy atom. The molecule has 0 spiro atoms. The molecule has 2 heteroatoms. The molecule has 0 amide bonds. The van der Waals surface area contributed by atoms with Crippen molar-refractivity contribution in [1.29, 1.82) is 0 Å². The van der Waals surface area contributed by atoms with Gasteiger partial charge in [0.2, 0.25) is 0 Å². The van der Waals surface area contributed by atoms with Gasteiger partial charge in [0.1, 0.15) is 0 Å². The molecular formula is C13H23NS. The van der Waals surface area contributed by atoms with Crippen LogP contribution >= 0.6 is 11.3 Å². The zero-order chi connectivity index (χ0) is 11.3. The molecule has 0 radical (unpaired) electrons. The van der Waals surface area contributed by atoms with Crippen molar-refractivity contribution >= 4 is 11.3 Å². The van der Waals surface area contributed by atoms with Gasteiger partial charge in [-0.15, -0.1) is 0 Å². The second-order valence-corrected chi connectivity index (χ2v) is 5.01. The smallest absolute Gasteiger partial charge is 0.0331 e. The minimum Gasteiger partial charge on any atom is -0.313 e. The van der Waals surface area contributed by atoms with Crippen LogP contribution in [0.1, 0.15) is 50.3 Å². The summed E-state index contributed by atoms with van der Waals surface area (Å²) in [5, 5.41) is 7.98. The maximum absolute atomic E-state index is 3.45. The van der Waals surface area contributed by atoms with Crippen molar-refractivity contribution < 1.29 is 0 Å². The number of nitrogens with one attached hydrogen (secondary N) is 1. The normalized spacial score (nSPS) is 13.4. The summed E-state index contributed by atoms with van der Waals surface area (Å²) in [6, 6.07) is 0.543. The van der Waals surface area contributed by atoms with Crippen LogP contribution < -0.4 is 5.32 Å². The van der Waals surface area contributed by atoms with Gasteiger partial charge in [-0.25, -0.2) is 0 Å². The summed E-state index contributed by atoms with van der Waals surface area (Å²) in [6.45, 7) is 6.80. The van der Waals surface area contributed by atoms with Crippen LogP contribution in [0.25, 0.3) is 0 Å². The van der Waals surface area contributed by atoms with Crippen molar-refractivity contribution in [3.05, 3.63) is 21.9 Å². The van der Waals surface area contributed by atoms with E-state index in [1.165, 1.54) is 30.4 Å². The third-order valence-corrected chi connectivity index (χ3v) is 4.22. The summed E-state index contributed by atoms with van der Waals surface area (Å²) >= 11 is 1.81. The first kappa shape index (κ1) is 12.7. The Balaban J connectivity index is 2.68. The Labute approximate surface area is 97.9 Å². The van der Waals surface area contributed by atoms with Crippen molar-refractivity contribution in [3.63, 3.8) is 0 Å². The largest absolute Gasteiger partial charge is 0.313 e. The standard InChI is InChI=1S/C13H23NS/c1-5-11(6-2)7-13(14-4)12-9-15-8-10(12)3/h8-9,11,13-14H,5-7H2,1-4H3. The van der Waals surface area contributed by atoms with Crippen LogP contribution in [0.2, 0.25) is 0 Å². The highest BCUT2D eigenvalue weighted by atomic mass is 32.1. The Morgan fingerprint density at radius 1 is 1.27 bits per heavy atom. The zero-order valence-corrected chi connectivity index (χ0v) is 11.2. The van der Waals surface area contributed by atoms with Crippen LogP contribution in [0.5, 0.6) is 0 Å². The van der Waals surface area contributed by atoms with Gasteiger partial charge in [0.05, 0.1) is 0 Å². The Bertz CT molecular complexity index is 276. The molecule has 1 N–H and O–H groups in total. The molecule has 0 aliphatic heterocycles. The molecule has 0 saturated carbocycles. The first-order valence-corrected chi connectivity index (χ1v) is 6.87. The highest BCUT2D eigenvalue weighted by molar-refractivity contribution is 7.08. The van der Waals surface area contributed by atoms with E-state index in [9.17, 15) is 0 Å². The minimum absolute atomic E-state index is 0.543. The van der Waals surface area contributed by atoms with Crippen molar-refractivity contribution in [3.8, 4) is 0 Å². The van der Waals surface area contributed by atoms with Gasteiger partial charge in [-0.05, 0) is 48.2 Å². The Kier molecular flexibility index (Phi) is 5.34. The predicted molar refractivity (Wildman–Crippen MR) is 69.5 cm³/mol. The predicted octanol–water partition coefficient (Wildman–Crippen LogP) is 4.14. The summed E-state index contributed by atoms with van der Waals surface area (Å²) in [4.78, 5) is 0. The molecule has 0 saturated heterocycles. The molecule has 0 bridgehead atoms. The maximum atomic E-state index is 3.45. The van der Waals surface area contributed by atoms with Gasteiger partial charge in [0.25, 0.3) is 0 Å². The molecule has 1 heterocycles. The lowest BCUT2D eigenvalue weighted by atomic mass is 9.91. The van der Waals surface area contributed by atoms with Gasteiger partial charge in [0, 0.05) is 6.04 Å². The van der Waals surface area contributed by atoms with E-state index in [0.29, 0.717) is 6.04 Å². The molecule has 1 unspecified atom stereocenters. The lowest BCUT2D eigenvalue weighted by molar-refractivity contribution is 0.385. The van der Waals surface area contributed by atoms with Crippen LogP contribution in [0.15, 0.2) is 10.8 Å². The third-order valence-electron chi connectivity index (χ3n) is 3.34. The summed E-state index contributed by atoms with van der Waals surface area (Å²) in [6.07, 6.45) is 3.84. The lowest BCUT2D eigenvalue weighted by Crippen LogP contribution is -2.19. The molecule has 1 aromatic heterocycles. The number of hydrogen-bond acceptors (Lipinski definition) is 2. The number of rotatable bonds is 6. The van der Waals surface area contributed by atoms with E-state index in [-0.39, 0.29) is 0 Å². The van der Waals surface area contributed by atoms with E-state index in [0.717, 1.165) is 5.92 Å². The molecule has 0 fully saturated rings. The minimum atomic E-state index is 0.543. The summed E-state index contributed by atoms with van der Waals surface area (Å²) in [7, 11) is 2.07. The van der Waals surface area contributed by atoms with Gasteiger partial charge in [0.15, 0.2) is 0 Å². The van der Waals surface area contributed by atoms with E-state index in [4.69, 9.17) is 0 Å². The average Bonchev–Trinajstić information content (AvgIpc) is 2.67. The zero-order valence-electron chi connectivity index (χ0n) is 10.3. The molecule has 1 atom stereocenters. The summed E-state index contributed by atoms with van der Waals surface area (Å²) < 4.78 is 0. The third kappa shape index (κ3) is 3.32. The maximum Gasteiger partial charge on any atom is 0.0331 e. The highest BCUT2D eigenvalue weighted by Gasteiger charge is 2.16. The second kappa shape index (κ2) is 6.29. The van der Waals surface area contributed by atoms with Gasteiger partial charge >= 0.3 is 0 Å². The molecule has 1 nitrogen and oxygen atoms in total. The molecule has 86 valence electrons. The monoisotopic (exact) mass is 225 g/mol. The van der Waals surface area contributed by atoms with Crippen LogP contribution in [0.3, 0.4) is 0 Å². The van der Waals surface area contributed by atoms with Crippen molar-refractivity contribution in [2.75, 3.05) is 7.05 Å². The quantitative estimate of drug-likeness (QED) is 0.767. The van der Waals surface area contributed by atoms with E-state index >= 15 is 0 Å². The summed E-state index contributed by atoms with van der Waals surface area (Å²) in [5.41, 5.74) is 2.93. The Hall–Kier alpha value is -0.340. The van der Waals surface area contributed by atoms with Gasteiger partial charge in [-0.1, -0.05) is 26.7 Å². The number of thiophene rings is 1. The summed E-state index contributed by atoms with van der Waals surface area (Å²) in [5.74, 6) is 0.849. The lowest BCUT2D eigenvalue weighted by Gasteiger charge is -2.21. The fourth-order valence-corrected chi connectivity index (χ4v) is 2.99. The van der Waals surface area contributed by atoms with Crippen LogP contribution in [-0.2, 0) is 0 Å². The van der Waals surface area contributed by atoms with Crippen molar-refractivity contribution in [1.82, 2.24) is 5.32 Å². The molecule has 1 aromatic rings. The number of hydrogen-bond donors (Lipinski definition) is 1. The van der Waals surface area contributed by atoms with E-state index in [1.807, 2.05) is 11.3 Å².